The summed E-state index contributed by atoms with van der Waals surface area (Å²) >= 11 is 6.78. The lowest BCUT2D eigenvalue weighted by molar-refractivity contribution is -0.133. The highest BCUT2D eigenvalue weighted by atomic mass is 35.5. The molecule has 1 saturated carbocycles. The topological polar surface area (TPSA) is 109 Å². The van der Waals surface area contributed by atoms with Gasteiger partial charge in [-0.3, -0.25) is 14.9 Å². The molecular formula is C24H25ClN6O. The van der Waals surface area contributed by atoms with Crippen LogP contribution in [0, 0.1) is 23.2 Å². The molecular weight excluding hydrogens is 424 g/mol. The maximum absolute atomic E-state index is 12.5. The zero-order valence-corrected chi connectivity index (χ0v) is 18.5. The van der Waals surface area contributed by atoms with Gasteiger partial charge in [-0.25, -0.2) is 5.43 Å². The minimum atomic E-state index is -0.296. The van der Waals surface area contributed by atoms with E-state index in [1.807, 2.05) is 54.3 Å². The molecule has 5 atom stereocenters. The van der Waals surface area contributed by atoms with Gasteiger partial charge in [0.25, 0.3) is 0 Å². The molecule has 1 saturated heterocycles. The van der Waals surface area contributed by atoms with Gasteiger partial charge < -0.3 is 5.73 Å². The second-order valence-corrected chi connectivity index (χ2v) is 9.30. The number of nitrogens with zero attached hydrogens (tertiary/aromatic N) is 3. The van der Waals surface area contributed by atoms with Crippen molar-refractivity contribution in [1.82, 2.24) is 20.6 Å². The molecule has 4 N–H and O–H groups in total. The number of nitriles is 1. The van der Waals surface area contributed by atoms with Crippen molar-refractivity contribution in [2.75, 3.05) is 6.54 Å². The number of hydrazine groups is 1. The number of aromatic nitrogens is 2. The Morgan fingerprint density at radius 1 is 1.28 bits per heavy atom. The second-order valence-electron chi connectivity index (χ2n) is 8.74. The van der Waals surface area contributed by atoms with Crippen LogP contribution in [0.3, 0.4) is 0 Å². The van der Waals surface area contributed by atoms with Crippen molar-refractivity contribution in [3.8, 4) is 17.3 Å². The second kappa shape index (κ2) is 8.21. The van der Waals surface area contributed by atoms with Gasteiger partial charge in [0.2, 0.25) is 5.91 Å². The van der Waals surface area contributed by atoms with E-state index in [4.69, 9.17) is 17.3 Å². The first-order valence-corrected chi connectivity index (χ1v) is 11.3. The minimum Gasteiger partial charge on any atom is -0.329 e. The summed E-state index contributed by atoms with van der Waals surface area (Å²) < 4.78 is 1.84. The molecule has 1 aromatic heterocycles. The molecule has 2 aliphatic rings. The number of halogens is 1. The van der Waals surface area contributed by atoms with Crippen molar-refractivity contribution < 1.29 is 4.79 Å². The maximum Gasteiger partial charge on any atom is 0.239 e. The molecule has 1 aliphatic heterocycles. The zero-order valence-electron chi connectivity index (χ0n) is 17.8. The number of rotatable bonds is 3. The molecule has 2 fully saturated rings. The van der Waals surface area contributed by atoms with E-state index in [-0.39, 0.29) is 35.1 Å². The van der Waals surface area contributed by atoms with Gasteiger partial charge in [0.15, 0.2) is 0 Å². The van der Waals surface area contributed by atoms with Crippen LogP contribution in [0.15, 0.2) is 42.6 Å². The van der Waals surface area contributed by atoms with Crippen molar-refractivity contribution in [2.45, 2.75) is 30.2 Å². The SMILES string of the molecule is Cn1ncc(C2CC(Cl)C3C(=O)NNC(CN)C3C2)c1-c1ccc2ccccc2c1C#N. The van der Waals surface area contributed by atoms with E-state index < -0.39 is 0 Å². The Morgan fingerprint density at radius 3 is 2.88 bits per heavy atom. The summed E-state index contributed by atoms with van der Waals surface area (Å²) in [6.07, 6.45) is 3.33. The molecule has 0 spiro atoms. The van der Waals surface area contributed by atoms with Crippen molar-refractivity contribution in [3.05, 3.63) is 53.7 Å². The van der Waals surface area contributed by atoms with Crippen LogP contribution in [0.2, 0.25) is 0 Å². The standard InChI is InChI=1S/C24H25ClN6O/c1-31-23(16-7-6-13-4-2-3-5-15(13)18(16)10-26)19(12-28-31)14-8-17-21(11-27)29-30-24(32)22(17)20(25)9-14/h2-7,12,14,17,20-22,29H,8-9,11,27H2,1H3,(H,30,32). The summed E-state index contributed by atoms with van der Waals surface area (Å²) in [7, 11) is 1.90. The van der Waals surface area contributed by atoms with Gasteiger partial charge in [-0.05, 0) is 30.1 Å². The average molecular weight is 449 g/mol. The summed E-state index contributed by atoms with van der Waals surface area (Å²) in [5, 5.41) is 16.2. The number of nitrogens with two attached hydrogens (primary N) is 1. The Kier molecular flexibility index (Phi) is 5.38. The Labute approximate surface area is 191 Å². The highest BCUT2D eigenvalue weighted by molar-refractivity contribution is 6.22. The maximum atomic E-state index is 12.5. The van der Waals surface area contributed by atoms with E-state index in [0.29, 0.717) is 18.5 Å². The summed E-state index contributed by atoms with van der Waals surface area (Å²) in [6.45, 7) is 0.418. The fraction of sp³-hybridized carbons (Fsp3) is 0.375. The molecule has 8 heteroatoms. The van der Waals surface area contributed by atoms with E-state index in [1.165, 1.54) is 0 Å². The molecule has 2 aromatic carbocycles. The Balaban J connectivity index is 1.59. The molecule has 2 heterocycles. The predicted molar refractivity (Wildman–Crippen MR) is 124 cm³/mol. The van der Waals surface area contributed by atoms with E-state index in [9.17, 15) is 10.1 Å². The summed E-state index contributed by atoms with van der Waals surface area (Å²) in [6, 6.07) is 14.3. The van der Waals surface area contributed by atoms with Crippen LogP contribution in [-0.4, -0.2) is 33.7 Å². The van der Waals surface area contributed by atoms with Gasteiger partial charge in [0.1, 0.15) is 6.07 Å². The third-order valence-corrected chi connectivity index (χ3v) is 7.52. The van der Waals surface area contributed by atoms with Crippen molar-refractivity contribution >= 4 is 28.3 Å². The highest BCUT2D eigenvalue weighted by Gasteiger charge is 2.47. The average Bonchev–Trinajstić information content (AvgIpc) is 3.19. The fourth-order valence-corrected chi connectivity index (χ4v) is 6.06. The molecule has 1 aliphatic carbocycles. The Morgan fingerprint density at radius 2 is 2.09 bits per heavy atom. The number of nitrogens with one attached hydrogen (secondary N) is 2. The van der Waals surface area contributed by atoms with E-state index in [1.54, 1.807) is 0 Å². The third-order valence-electron chi connectivity index (χ3n) is 7.07. The number of carbonyl (C=O) groups excluding carboxylic acids is 1. The lowest BCUT2D eigenvalue weighted by Crippen LogP contribution is -2.64. The lowest BCUT2D eigenvalue weighted by Gasteiger charge is -2.45. The van der Waals surface area contributed by atoms with Gasteiger partial charge >= 0.3 is 0 Å². The van der Waals surface area contributed by atoms with Crippen molar-refractivity contribution in [1.29, 1.82) is 5.26 Å². The van der Waals surface area contributed by atoms with Gasteiger partial charge in [-0.15, -0.1) is 11.6 Å². The number of benzene rings is 2. The zero-order chi connectivity index (χ0) is 22.4. The first-order chi connectivity index (χ1) is 15.5. The molecule has 0 radical (unpaired) electrons. The fourth-order valence-electron chi connectivity index (χ4n) is 5.55. The van der Waals surface area contributed by atoms with E-state index in [0.717, 1.165) is 34.0 Å². The quantitative estimate of drug-likeness (QED) is 0.534. The first-order valence-electron chi connectivity index (χ1n) is 10.9. The molecule has 164 valence electrons. The predicted octanol–water partition coefficient (Wildman–Crippen LogP) is 2.79. The Hall–Kier alpha value is -2.92. The third kappa shape index (κ3) is 3.27. The monoisotopic (exact) mass is 448 g/mol. The molecule has 5 rings (SSSR count). The van der Waals surface area contributed by atoms with Gasteiger partial charge in [-0.1, -0.05) is 36.4 Å². The van der Waals surface area contributed by atoms with Gasteiger partial charge in [-0.2, -0.15) is 10.4 Å². The molecule has 32 heavy (non-hydrogen) atoms. The summed E-state index contributed by atoms with van der Waals surface area (Å²) in [5.74, 6) is -0.179. The van der Waals surface area contributed by atoms with Gasteiger partial charge in [0, 0.05) is 41.5 Å². The Bertz CT molecular complexity index is 1230. The highest BCUT2D eigenvalue weighted by Crippen LogP contribution is 2.47. The van der Waals surface area contributed by atoms with Crippen LogP contribution < -0.4 is 16.6 Å². The van der Waals surface area contributed by atoms with Gasteiger partial charge in [0.05, 0.1) is 23.4 Å². The number of fused-ring (bicyclic) bond motifs is 2. The van der Waals surface area contributed by atoms with Crippen LogP contribution in [0.5, 0.6) is 0 Å². The van der Waals surface area contributed by atoms with Crippen LogP contribution in [0.1, 0.15) is 29.9 Å². The normalized spacial score (nSPS) is 27.6. The van der Waals surface area contributed by atoms with E-state index in [2.05, 4.69) is 22.0 Å². The number of alkyl halides is 1. The molecule has 0 bridgehead atoms. The van der Waals surface area contributed by atoms with Crippen LogP contribution >= 0.6 is 11.6 Å². The number of carbonyl (C=O) groups is 1. The number of hydrogen-bond donors (Lipinski definition) is 3. The minimum absolute atomic E-state index is 0.0304. The number of hydrogen-bond acceptors (Lipinski definition) is 5. The molecule has 7 nitrogen and oxygen atoms in total. The molecule has 3 aromatic rings. The number of amides is 1. The summed E-state index contributed by atoms with van der Waals surface area (Å²) in [5.41, 5.74) is 15.3. The van der Waals surface area contributed by atoms with Crippen molar-refractivity contribution in [2.24, 2.45) is 24.6 Å². The van der Waals surface area contributed by atoms with Crippen LogP contribution in [-0.2, 0) is 11.8 Å². The van der Waals surface area contributed by atoms with Crippen molar-refractivity contribution in [3.63, 3.8) is 0 Å². The van der Waals surface area contributed by atoms with E-state index >= 15 is 0 Å². The van der Waals surface area contributed by atoms with Crippen LogP contribution in [0.25, 0.3) is 22.0 Å². The lowest BCUT2D eigenvalue weighted by atomic mass is 9.67. The molecule has 1 amide bonds. The van der Waals surface area contributed by atoms with Crippen LogP contribution in [0.4, 0.5) is 0 Å². The number of aryl methyl sites for hydroxylation is 1. The molecule has 5 unspecified atom stereocenters. The largest absolute Gasteiger partial charge is 0.329 e. The smallest absolute Gasteiger partial charge is 0.239 e. The summed E-state index contributed by atoms with van der Waals surface area (Å²) in [4.78, 5) is 12.5. The first kappa shape index (κ1) is 21.0.